The minimum Gasteiger partial charge on any atom is -0.354 e. The molecule has 2 N–H and O–H groups in total. The minimum absolute atomic E-state index is 0.125. The molecule has 0 aromatic rings. The van der Waals surface area contributed by atoms with Gasteiger partial charge in [0, 0.05) is 31.1 Å². The van der Waals surface area contributed by atoms with Crippen molar-refractivity contribution in [2.24, 2.45) is 0 Å². The van der Waals surface area contributed by atoms with Crippen LogP contribution < -0.4 is 10.6 Å². The number of hydrogen-bond donors (Lipinski definition) is 2. The van der Waals surface area contributed by atoms with Crippen molar-refractivity contribution >= 4 is 17.7 Å². The van der Waals surface area contributed by atoms with Gasteiger partial charge in [0.1, 0.15) is 0 Å². The maximum atomic E-state index is 13.5. The Bertz CT molecular complexity index is 526. The number of halogens is 7. The van der Waals surface area contributed by atoms with Gasteiger partial charge in [-0.2, -0.15) is 38.1 Å². The number of hydrogen-bond acceptors (Lipinski definition) is 4. The third-order valence-electron chi connectivity index (χ3n) is 4.96. The molecular weight excluding hydrogens is 451 g/mol. The molecule has 0 rings (SSSR count). The molecular formula is C19H34F7N3OS. The van der Waals surface area contributed by atoms with Gasteiger partial charge in [-0.1, -0.05) is 0 Å². The normalized spacial score (nSPS) is 13.9. The average Bonchev–Trinajstić information content (AvgIpc) is 2.60. The first-order valence-electron chi connectivity index (χ1n) is 10.0. The van der Waals surface area contributed by atoms with E-state index in [1.54, 1.807) is 0 Å². The highest BCUT2D eigenvalue weighted by molar-refractivity contribution is 7.99. The van der Waals surface area contributed by atoms with Crippen LogP contribution in [0.3, 0.4) is 0 Å². The van der Waals surface area contributed by atoms with Gasteiger partial charge < -0.3 is 15.5 Å². The molecule has 0 atom stereocenters. The monoisotopic (exact) mass is 485 g/mol. The van der Waals surface area contributed by atoms with Gasteiger partial charge in [0.15, 0.2) is 0 Å². The van der Waals surface area contributed by atoms with Gasteiger partial charge in [-0.15, -0.1) is 0 Å². The molecule has 0 aromatic carbocycles. The summed E-state index contributed by atoms with van der Waals surface area (Å²) < 4.78 is 88.1. The highest BCUT2D eigenvalue weighted by atomic mass is 32.2. The molecule has 0 aliphatic carbocycles. The summed E-state index contributed by atoms with van der Waals surface area (Å²) in [6, 6.07) is 0.441. The van der Waals surface area contributed by atoms with Crippen molar-refractivity contribution in [3.63, 3.8) is 0 Å². The van der Waals surface area contributed by atoms with Gasteiger partial charge >= 0.3 is 12.4 Å². The number of rotatable bonds is 14. The standard InChI is InChI=1S/C19H34F7N3OS/c1-14(2)29(5)11-8-16(3,4)28-10-9-27-15(30)13-31-12-6-7-17(20,18(21,22)23)19(24,25)26/h14,28H,6-13H2,1-5H3,(H,27,30). The first-order chi connectivity index (χ1) is 13.9. The quantitative estimate of drug-likeness (QED) is 0.280. The zero-order valence-electron chi connectivity index (χ0n) is 18.6. The predicted octanol–water partition coefficient (Wildman–Crippen LogP) is 4.55. The number of thioether (sulfide) groups is 1. The number of amides is 1. The van der Waals surface area contributed by atoms with E-state index < -0.39 is 30.9 Å². The lowest BCUT2D eigenvalue weighted by Crippen LogP contribution is -2.53. The van der Waals surface area contributed by atoms with Crippen molar-refractivity contribution in [3.8, 4) is 0 Å². The first-order valence-corrected chi connectivity index (χ1v) is 11.2. The Morgan fingerprint density at radius 2 is 1.52 bits per heavy atom. The Morgan fingerprint density at radius 3 is 2.00 bits per heavy atom. The maximum absolute atomic E-state index is 13.5. The third kappa shape index (κ3) is 11.1. The van der Waals surface area contributed by atoms with Crippen LogP contribution in [0, 0.1) is 0 Å². The summed E-state index contributed by atoms with van der Waals surface area (Å²) in [5.41, 5.74) is -5.37. The number of nitrogens with one attached hydrogen (secondary N) is 2. The molecule has 0 spiro atoms. The van der Waals surface area contributed by atoms with E-state index in [9.17, 15) is 35.5 Å². The molecule has 0 aliphatic rings. The van der Waals surface area contributed by atoms with Crippen LogP contribution in [0.5, 0.6) is 0 Å². The van der Waals surface area contributed by atoms with E-state index in [-0.39, 0.29) is 23.0 Å². The second kappa shape index (κ2) is 12.5. The number of nitrogens with zero attached hydrogens (tertiary/aromatic N) is 1. The van der Waals surface area contributed by atoms with Gasteiger partial charge in [0.2, 0.25) is 5.91 Å². The first kappa shape index (κ1) is 30.2. The summed E-state index contributed by atoms with van der Waals surface area (Å²) in [7, 11) is 2.04. The maximum Gasteiger partial charge on any atom is 0.431 e. The molecule has 12 heteroatoms. The van der Waals surface area contributed by atoms with Crippen LogP contribution in [0.2, 0.25) is 0 Å². The van der Waals surface area contributed by atoms with E-state index in [1.807, 2.05) is 20.9 Å². The third-order valence-corrected chi connectivity index (χ3v) is 6.01. The molecule has 1 amide bonds. The summed E-state index contributed by atoms with van der Waals surface area (Å²) in [6.07, 6.45) is -13.5. The fourth-order valence-electron chi connectivity index (χ4n) is 2.48. The second-order valence-electron chi connectivity index (χ2n) is 8.44. The van der Waals surface area contributed by atoms with E-state index >= 15 is 0 Å². The molecule has 4 nitrogen and oxygen atoms in total. The van der Waals surface area contributed by atoms with Gasteiger partial charge in [0.25, 0.3) is 5.67 Å². The Morgan fingerprint density at radius 1 is 0.968 bits per heavy atom. The van der Waals surface area contributed by atoms with Crippen LogP contribution in [-0.4, -0.2) is 78.6 Å². The molecule has 186 valence electrons. The number of alkyl halides is 7. The molecule has 0 saturated carbocycles. The fraction of sp³-hybridized carbons (Fsp3) is 0.947. The van der Waals surface area contributed by atoms with Crippen LogP contribution in [0.4, 0.5) is 30.7 Å². The van der Waals surface area contributed by atoms with Crippen LogP contribution in [0.1, 0.15) is 47.0 Å². The number of carbonyl (C=O) groups excluding carboxylic acids is 1. The molecule has 0 saturated heterocycles. The Kier molecular flexibility index (Phi) is 12.2. The van der Waals surface area contributed by atoms with E-state index in [2.05, 4.69) is 29.4 Å². The fourth-order valence-corrected chi connectivity index (χ4v) is 3.26. The summed E-state index contributed by atoms with van der Waals surface area (Å²) in [5, 5.41) is 5.95. The summed E-state index contributed by atoms with van der Waals surface area (Å²) >= 11 is 0.862. The van der Waals surface area contributed by atoms with Crippen molar-refractivity contribution in [2.45, 2.75) is 76.6 Å². The Hall–Kier alpha value is -0.750. The Labute approximate surface area is 184 Å². The van der Waals surface area contributed by atoms with Crippen LogP contribution >= 0.6 is 11.8 Å². The van der Waals surface area contributed by atoms with Crippen molar-refractivity contribution in [3.05, 3.63) is 0 Å². The lowest BCUT2D eigenvalue weighted by molar-refractivity contribution is -0.343. The zero-order valence-corrected chi connectivity index (χ0v) is 19.5. The lowest BCUT2D eigenvalue weighted by atomic mass is 9.99. The molecule has 0 unspecified atom stereocenters. The van der Waals surface area contributed by atoms with Crippen molar-refractivity contribution in [1.82, 2.24) is 15.5 Å². The summed E-state index contributed by atoms with van der Waals surface area (Å²) in [6.45, 7) is 10.1. The lowest BCUT2D eigenvalue weighted by Gasteiger charge is -2.30. The largest absolute Gasteiger partial charge is 0.431 e. The molecule has 0 heterocycles. The molecule has 0 bridgehead atoms. The Balaban J connectivity index is 4.09. The molecule has 0 fully saturated rings. The number of carbonyl (C=O) groups is 1. The van der Waals surface area contributed by atoms with Gasteiger partial charge in [-0.25, -0.2) is 4.39 Å². The summed E-state index contributed by atoms with van der Waals surface area (Å²) in [5.74, 6) is -0.706. The SMILES string of the molecule is CC(C)N(C)CCC(C)(C)NCCNC(=O)CSCCCC(F)(C(F)(F)F)C(F)(F)F. The van der Waals surface area contributed by atoms with Crippen LogP contribution in [0.15, 0.2) is 0 Å². The van der Waals surface area contributed by atoms with Gasteiger partial charge in [-0.3, -0.25) is 4.79 Å². The van der Waals surface area contributed by atoms with Crippen LogP contribution in [-0.2, 0) is 4.79 Å². The van der Waals surface area contributed by atoms with Crippen molar-refractivity contribution in [1.29, 1.82) is 0 Å². The molecule has 0 aliphatic heterocycles. The highest BCUT2D eigenvalue weighted by Crippen LogP contribution is 2.49. The van der Waals surface area contributed by atoms with Gasteiger partial charge in [0.05, 0.1) is 5.75 Å². The second-order valence-corrected chi connectivity index (χ2v) is 9.54. The zero-order chi connectivity index (χ0) is 24.5. The van der Waals surface area contributed by atoms with E-state index in [0.717, 1.165) is 24.7 Å². The highest BCUT2D eigenvalue weighted by Gasteiger charge is 2.71. The predicted molar refractivity (Wildman–Crippen MR) is 110 cm³/mol. The van der Waals surface area contributed by atoms with E-state index in [0.29, 0.717) is 19.1 Å². The van der Waals surface area contributed by atoms with Crippen molar-refractivity contribution < 1.29 is 35.5 Å². The molecule has 31 heavy (non-hydrogen) atoms. The van der Waals surface area contributed by atoms with Crippen LogP contribution in [0.25, 0.3) is 0 Å². The molecule has 0 radical (unpaired) electrons. The van der Waals surface area contributed by atoms with Crippen molar-refractivity contribution in [2.75, 3.05) is 38.2 Å². The average molecular weight is 486 g/mol. The summed E-state index contributed by atoms with van der Waals surface area (Å²) in [4.78, 5) is 14.0. The van der Waals surface area contributed by atoms with Gasteiger partial charge in [-0.05, 0) is 59.9 Å². The van der Waals surface area contributed by atoms with E-state index in [1.165, 1.54) is 0 Å². The topological polar surface area (TPSA) is 44.4 Å². The smallest absolute Gasteiger partial charge is 0.354 e. The molecule has 0 aromatic heterocycles. The minimum atomic E-state index is -6.03. The van der Waals surface area contributed by atoms with E-state index in [4.69, 9.17) is 0 Å².